The van der Waals surface area contributed by atoms with E-state index in [9.17, 15) is 30.0 Å². The minimum Gasteiger partial charge on any atom is -0.462 e. The number of aliphatic hydroxyl groups is 4. The molecule has 0 amide bonds. The van der Waals surface area contributed by atoms with Gasteiger partial charge in [-0.2, -0.15) is 0 Å². The summed E-state index contributed by atoms with van der Waals surface area (Å²) in [5, 5.41) is 40.2. The van der Waals surface area contributed by atoms with Crippen LogP contribution in [0.1, 0.15) is 239 Å². The second kappa shape index (κ2) is 46.4. The third-order valence-electron chi connectivity index (χ3n) is 12.5. The fourth-order valence-electron chi connectivity index (χ4n) is 8.17. The summed E-state index contributed by atoms with van der Waals surface area (Å²) < 4.78 is 22.2. The number of allylic oxidation sites excluding steroid dienone is 8. The highest BCUT2D eigenvalue weighted by atomic mass is 16.7. The molecule has 1 aliphatic rings. The SMILES string of the molecule is CCCCC/C=C/C/C=C/C/C=C/C/C=C/CCCCCC(=O)OC[C@H](CO[C@@H]1O[C@H](CO)[C@H](O)C(O)C1O)OC(=O)CCCCCCCCCCCCCCCCCCCCCCCC. The summed E-state index contributed by atoms with van der Waals surface area (Å²) >= 11 is 0. The molecule has 0 aliphatic carbocycles. The summed E-state index contributed by atoms with van der Waals surface area (Å²) in [6.07, 6.45) is 49.8. The molecule has 10 nitrogen and oxygen atoms in total. The van der Waals surface area contributed by atoms with E-state index in [4.69, 9.17) is 18.9 Å². The van der Waals surface area contributed by atoms with E-state index in [1.165, 1.54) is 141 Å². The zero-order valence-corrected chi connectivity index (χ0v) is 42.2. The summed E-state index contributed by atoms with van der Waals surface area (Å²) in [4.78, 5) is 25.5. The number of rotatable bonds is 46. The predicted octanol–water partition coefficient (Wildman–Crippen LogP) is 13.2. The quantitative estimate of drug-likeness (QED) is 0.0264. The van der Waals surface area contributed by atoms with Crippen molar-refractivity contribution in [1.29, 1.82) is 0 Å². The zero-order chi connectivity index (χ0) is 48.0. The van der Waals surface area contributed by atoms with Crippen molar-refractivity contribution in [3.63, 3.8) is 0 Å². The molecule has 0 saturated carbocycles. The van der Waals surface area contributed by atoms with Gasteiger partial charge < -0.3 is 39.4 Å². The van der Waals surface area contributed by atoms with E-state index < -0.39 is 55.4 Å². The van der Waals surface area contributed by atoms with Gasteiger partial charge in [-0.3, -0.25) is 9.59 Å². The first-order valence-electron chi connectivity index (χ1n) is 27.2. The van der Waals surface area contributed by atoms with Crippen LogP contribution >= 0.6 is 0 Å². The van der Waals surface area contributed by atoms with E-state index in [-0.39, 0.29) is 26.1 Å². The summed E-state index contributed by atoms with van der Waals surface area (Å²) in [6, 6.07) is 0. The van der Waals surface area contributed by atoms with Crippen LogP contribution in [0.4, 0.5) is 0 Å². The summed E-state index contributed by atoms with van der Waals surface area (Å²) in [5.74, 6) is -0.834. The number of carbonyl (C=O) groups excluding carboxylic acids is 2. The minimum absolute atomic E-state index is 0.225. The van der Waals surface area contributed by atoms with E-state index in [1.807, 2.05) is 0 Å². The Bertz CT molecular complexity index is 1210. The molecular weight excluding hydrogens is 833 g/mol. The Labute approximate surface area is 403 Å². The lowest BCUT2D eigenvalue weighted by atomic mass is 9.99. The Morgan fingerprint density at radius 3 is 1.30 bits per heavy atom. The lowest BCUT2D eigenvalue weighted by Crippen LogP contribution is -2.59. The molecule has 10 heteroatoms. The highest BCUT2D eigenvalue weighted by Crippen LogP contribution is 2.23. The average Bonchev–Trinajstić information content (AvgIpc) is 3.32. The van der Waals surface area contributed by atoms with Gasteiger partial charge in [0.1, 0.15) is 31.0 Å². The third kappa shape index (κ3) is 36.7. The molecule has 66 heavy (non-hydrogen) atoms. The number of esters is 2. The van der Waals surface area contributed by atoms with Crippen molar-refractivity contribution in [1.82, 2.24) is 0 Å². The fourth-order valence-corrected chi connectivity index (χ4v) is 8.17. The van der Waals surface area contributed by atoms with Crippen LogP contribution in [0.2, 0.25) is 0 Å². The zero-order valence-electron chi connectivity index (χ0n) is 42.2. The molecule has 1 saturated heterocycles. The number of carbonyl (C=O) groups is 2. The van der Waals surface area contributed by atoms with Crippen molar-refractivity contribution in [2.24, 2.45) is 0 Å². The molecule has 0 spiro atoms. The number of hydrogen-bond donors (Lipinski definition) is 4. The lowest BCUT2D eigenvalue weighted by molar-refractivity contribution is -0.305. The van der Waals surface area contributed by atoms with Crippen LogP contribution in [-0.4, -0.2) is 89.0 Å². The van der Waals surface area contributed by atoms with E-state index in [0.717, 1.165) is 57.8 Å². The third-order valence-corrected chi connectivity index (χ3v) is 12.5. The van der Waals surface area contributed by atoms with Crippen molar-refractivity contribution in [2.45, 2.75) is 275 Å². The van der Waals surface area contributed by atoms with E-state index in [1.54, 1.807) is 0 Å². The van der Waals surface area contributed by atoms with Crippen LogP contribution in [-0.2, 0) is 28.5 Å². The van der Waals surface area contributed by atoms with Gasteiger partial charge in [-0.05, 0) is 57.8 Å². The van der Waals surface area contributed by atoms with Gasteiger partial charge >= 0.3 is 11.9 Å². The molecule has 1 rings (SSSR count). The van der Waals surface area contributed by atoms with Crippen molar-refractivity contribution in [3.8, 4) is 0 Å². The highest BCUT2D eigenvalue weighted by Gasteiger charge is 2.44. The minimum atomic E-state index is -1.60. The highest BCUT2D eigenvalue weighted by molar-refractivity contribution is 5.70. The Morgan fingerprint density at radius 1 is 0.470 bits per heavy atom. The largest absolute Gasteiger partial charge is 0.462 e. The first kappa shape index (κ1) is 61.7. The van der Waals surface area contributed by atoms with E-state index in [0.29, 0.717) is 12.8 Å². The fraction of sp³-hybridized carbons (Fsp3) is 0.821. The first-order valence-corrected chi connectivity index (χ1v) is 27.2. The van der Waals surface area contributed by atoms with Gasteiger partial charge in [-0.1, -0.05) is 217 Å². The van der Waals surface area contributed by atoms with Crippen LogP contribution in [0.25, 0.3) is 0 Å². The molecule has 1 aliphatic heterocycles. The van der Waals surface area contributed by atoms with Crippen molar-refractivity contribution in [3.05, 3.63) is 48.6 Å². The van der Waals surface area contributed by atoms with Gasteiger partial charge in [-0.25, -0.2) is 0 Å². The monoisotopic (exact) mass is 933 g/mol. The van der Waals surface area contributed by atoms with Crippen LogP contribution in [0.15, 0.2) is 48.6 Å². The predicted molar refractivity (Wildman–Crippen MR) is 270 cm³/mol. The Balaban J connectivity index is 2.25. The number of unbranched alkanes of at least 4 members (excludes halogenated alkanes) is 27. The number of ether oxygens (including phenoxy) is 4. The molecule has 1 heterocycles. The smallest absolute Gasteiger partial charge is 0.306 e. The molecule has 4 N–H and O–H groups in total. The molecule has 384 valence electrons. The van der Waals surface area contributed by atoms with Crippen LogP contribution in [0.3, 0.4) is 0 Å². The van der Waals surface area contributed by atoms with Gasteiger partial charge in [0.2, 0.25) is 0 Å². The topological polar surface area (TPSA) is 152 Å². The maximum atomic E-state index is 12.9. The van der Waals surface area contributed by atoms with E-state index >= 15 is 0 Å². The molecule has 0 bridgehead atoms. The standard InChI is InChI=1S/C56H100O10/c1-3-5-7-9-11-13-15-17-19-21-23-24-25-27-29-31-33-35-37-39-41-43-45-52(59)65-49(48-64-56-55(62)54(61)53(60)50(46-57)66-56)47-63-51(58)44-42-40-38-36-34-32-30-28-26-22-20-18-16-14-12-10-8-6-4-2/h12,14,18,20,26,28,32,34,49-50,53-57,60-62H,3-11,13,15-17,19,21-25,27,29-31,33,35-48H2,1-2H3/b14-12+,20-18+,28-26+,34-32+/t49-,50-,53+,54?,55?,56-/m1/s1. The maximum absolute atomic E-state index is 12.9. The second-order valence-electron chi connectivity index (χ2n) is 18.7. The summed E-state index contributed by atoms with van der Waals surface area (Å²) in [6.45, 7) is 3.40. The van der Waals surface area contributed by atoms with Crippen LogP contribution in [0.5, 0.6) is 0 Å². The normalized spacial score (nSPS) is 19.5. The molecule has 0 aromatic carbocycles. The van der Waals surface area contributed by atoms with E-state index in [2.05, 4.69) is 62.5 Å². The van der Waals surface area contributed by atoms with Gasteiger partial charge in [0.25, 0.3) is 0 Å². The Kier molecular flexibility index (Phi) is 43.4. The van der Waals surface area contributed by atoms with Gasteiger partial charge in [0.05, 0.1) is 13.2 Å². The number of aliphatic hydroxyl groups excluding tert-OH is 4. The second-order valence-corrected chi connectivity index (χ2v) is 18.7. The first-order chi connectivity index (χ1) is 32.3. The Hall–Kier alpha value is -2.34. The number of hydrogen-bond acceptors (Lipinski definition) is 10. The molecule has 6 atom stereocenters. The van der Waals surface area contributed by atoms with Crippen molar-refractivity contribution < 1.29 is 49.0 Å². The average molecular weight is 933 g/mol. The maximum Gasteiger partial charge on any atom is 0.306 e. The summed E-state index contributed by atoms with van der Waals surface area (Å²) in [7, 11) is 0. The van der Waals surface area contributed by atoms with Gasteiger partial charge in [-0.15, -0.1) is 0 Å². The van der Waals surface area contributed by atoms with Crippen LogP contribution < -0.4 is 0 Å². The molecule has 0 aromatic rings. The molecule has 0 radical (unpaired) electrons. The lowest BCUT2D eigenvalue weighted by Gasteiger charge is -2.39. The van der Waals surface area contributed by atoms with Crippen molar-refractivity contribution >= 4 is 11.9 Å². The molecule has 2 unspecified atom stereocenters. The van der Waals surface area contributed by atoms with Crippen LogP contribution in [0, 0.1) is 0 Å². The molecular formula is C56H100O10. The van der Waals surface area contributed by atoms with Gasteiger partial charge in [0.15, 0.2) is 12.4 Å². The van der Waals surface area contributed by atoms with Gasteiger partial charge in [0, 0.05) is 12.8 Å². The molecule has 0 aromatic heterocycles. The molecule has 1 fully saturated rings. The van der Waals surface area contributed by atoms with Crippen molar-refractivity contribution in [2.75, 3.05) is 19.8 Å². The Morgan fingerprint density at radius 2 is 0.848 bits per heavy atom. The summed E-state index contributed by atoms with van der Waals surface area (Å²) in [5.41, 5.74) is 0.